The van der Waals surface area contributed by atoms with Crippen LogP contribution in [0.4, 0.5) is 26.3 Å². The molecule has 0 bridgehead atoms. The van der Waals surface area contributed by atoms with Crippen LogP contribution in [0.5, 0.6) is 0 Å². The van der Waals surface area contributed by atoms with Gasteiger partial charge in [-0.15, -0.1) is 0 Å². The topological polar surface area (TPSA) is 58.2 Å². The molecule has 0 aromatic heterocycles. The number of amides is 2. The molecule has 0 aliphatic carbocycles. The van der Waals surface area contributed by atoms with Gasteiger partial charge < -0.3 is 10.6 Å². The fourth-order valence-corrected chi connectivity index (χ4v) is 2.38. The monoisotopic (exact) mass is 418 g/mol. The number of halogens is 6. The number of hydrogen-bond donors (Lipinski definition) is 2. The molecule has 1 unspecified atom stereocenters. The van der Waals surface area contributed by atoms with Gasteiger partial charge in [-0.25, -0.2) is 0 Å². The first-order valence-corrected chi connectivity index (χ1v) is 8.31. The third-order valence-corrected chi connectivity index (χ3v) is 3.85. The van der Waals surface area contributed by atoms with Crippen molar-refractivity contribution in [2.75, 3.05) is 6.54 Å². The van der Waals surface area contributed by atoms with E-state index in [9.17, 15) is 35.9 Å². The molecule has 2 N–H and O–H groups in total. The number of nitrogens with one attached hydrogen (secondary N) is 2. The summed E-state index contributed by atoms with van der Waals surface area (Å²) in [6.07, 6.45) is -9.19. The molecule has 1 atom stereocenters. The van der Waals surface area contributed by atoms with Crippen molar-refractivity contribution in [1.29, 1.82) is 0 Å². The van der Waals surface area contributed by atoms with Crippen molar-refractivity contribution in [2.24, 2.45) is 0 Å². The van der Waals surface area contributed by atoms with E-state index in [-0.39, 0.29) is 17.7 Å². The van der Waals surface area contributed by atoms with Gasteiger partial charge in [0, 0.05) is 23.7 Å². The van der Waals surface area contributed by atoms with E-state index in [0.717, 1.165) is 24.3 Å². The van der Waals surface area contributed by atoms with Crippen LogP contribution in [0.1, 0.15) is 38.8 Å². The maximum absolute atomic E-state index is 12.7. The lowest BCUT2D eigenvalue weighted by Crippen LogP contribution is -2.41. The summed E-state index contributed by atoms with van der Waals surface area (Å²) in [7, 11) is 0. The van der Waals surface area contributed by atoms with Gasteiger partial charge in [0.05, 0.1) is 11.1 Å². The molecule has 2 aromatic rings. The Labute approximate surface area is 161 Å². The molecule has 0 saturated carbocycles. The van der Waals surface area contributed by atoms with Crippen molar-refractivity contribution in [2.45, 2.75) is 25.3 Å². The third-order valence-electron chi connectivity index (χ3n) is 3.85. The Balaban J connectivity index is 1.95. The van der Waals surface area contributed by atoms with Crippen molar-refractivity contribution in [3.63, 3.8) is 0 Å². The molecule has 0 fully saturated rings. The summed E-state index contributed by atoms with van der Waals surface area (Å²) in [5, 5.41) is 4.79. The van der Waals surface area contributed by atoms with E-state index in [2.05, 4.69) is 10.6 Å². The standard InChI is InChI=1S/C19H16F6N2O2/c1-11(27-17(29)13-5-3-7-15(9-13)19(23,24)25)10-26-16(28)12-4-2-6-14(8-12)18(20,21)22/h2-9,11H,10H2,1H3,(H,26,28)(H,27,29). The predicted octanol–water partition coefficient (Wildman–Crippen LogP) is 4.27. The molecule has 2 rings (SSSR count). The third kappa shape index (κ3) is 6.23. The van der Waals surface area contributed by atoms with Crippen LogP contribution in [0, 0.1) is 0 Å². The maximum Gasteiger partial charge on any atom is 0.416 e. The first-order chi connectivity index (χ1) is 13.4. The molecule has 0 spiro atoms. The van der Waals surface area contributed by atoms with Gasteiger partial charge in [-0.05, 0) is 43.3 Å². The molecule has 0 saturated heterocycles. The summed E-state index contributed by atoms with van der Waals surface area (Å²) in [5.74, 6) is -1.56. The van der Waals surface area contributed by atoms with E-state index >= 15 is 0 Å². The molecule has 0 aliphatic heterocycles. The molecule has 0 radical (unpaired) electrons. The SMILES string of the molecule is CC(CNC(=O)c1cccc(C(F)(F)F)c1)NC(=O)c1cccc(C(F)(F)F)c1. The van der Waals surface area contributed by atoms with Crippen LogP contribution in [0.15, 0.2) is 48.5 Å². The highest BCUT2D eigenvalue weighted by Crippen LogP contribution is 2.30. The zero-order chi connectivity index (χ0) is 21.8. The van der Waals surface area contributed by atoms with Crippen LogP contribution in [0.25, 0.3) is 0 Å². The van der Waals surface area contributed by atoms with Crippen LogP contribution in [-0.2, 0) is 12.4 Å². The molecule has 29 heavy (non-hydrogen) atoms. The van der Waals surface area contributed by atoms with E-state index < -0.39 is 41.3 Å². The Morgan fingerprint density at radius 2 is 1.28 bits per heavy atom. The van der Waals surface area contributed by atoms with Gasteiger partial charge >= 0.3 is 12.4 Å². The second kappa shape index (κ2) is 8.54. The lowest BCUT2D eigenvalue weighted by Gasteiger charge is -2.16. The van der Waals surface area contributed by atoms with Crippen LogP contribution in [0.3, 0.4) is 0 Å². The maximum atomic E-state index is 12.7. The lowest BCUT2D eigenvalue weighted by atomic mass is 10.1. The van der Waals surface area contributed by atoms with Gasteiger partial charge in [0.2, 0.25) is 0 Å². The van der Waals surface area contributed by atoms with Gasteiger partial charge in [-0.2, -0.15) is 26.3 Å². The van der Waals surface area contributed by atoms with Crippen molar-refractivity contribution >= 4 is 11.8 Å². The smallest absolute Gasteiger partial charge is 0.350 e. The Morgan fingerprint density at radius 1 is 0.828 bits per heavy atom. The Morgan fingerprint density at radius 3 is 1.72 bits per heavy atom. The Hall–Kier alpha value is -3.04. The van der Waals surface area contributed by atoms with Crippen LogP contribution in [0.2, 0.25) is 0 Å². The summed E-state index contributed by atoms with van der Waals surface area (Å²) < 4.78 is 76.3. The van der Waals surface area contributed by atoms with Crippen molar-refractivity contribution in [1.82, 2.24) is 10.6 Å². The number of hydrogen-bond acceptors (Lipinski definition) is 2. The van der Waals surface area contributed by atoms with Gasteiger partial charge in [-0.1, -0.05) is 12.1 Å². The van der Waals surface area contributed by atoms with E-state index in [1.54, 1.807) is 0 Å². The summed E-state index contributed by atoms with van der Waals surface area (Å²) >= 11 is 0. The fourth-order valence-electron chi connectivity index (χ4n) is 2.38. The highest BCUT2D eigenvalue weighted by atomic mass is 19.4. The number of carbonyl (C=O) groups excluding carboxylic acids is 2. The number of rotatable bonds is 5. The number of alkyl halides is 6. The molecule has 2 amide bonds. The molecule has 10 heteroatoms. The van der Waals surface area contributed by atoms with Crippen LogP contribution in [-0.4, -0.2) is 24.4 Å². The largest absolute Gasteiger partial charge is 0.416 e. The zero-order valence-electron chi connectivity index (χ0n) is 15.0. The summed E-state index contributed by atoms with van der Waals surface area (Å²) in [5.41, 5.74) is -2.38. The quantitative estimate of drug-likeness (QED) is 0.713. The van der Waals surface area contributed by atoms with Gasteiger partial charge in [-0.3, -0.25) is 9.59 Å². The van der Waals surface area contributed by atoms with Crippen molar-refractivity contribution in [3.05, 3.63) is 70.8 Å². The predicted molar refractivity (Wildman–Crippen MR) is 92.1 cm³/mol. The molecule has 0 aliphatic rings. The second-order valence-electron chi connectivity index (χ2n) is 6.24. The van der Waals surface area contributed by atoms with E-state index in [0.29, 0.717) is 12.1 Å². The van der Waals surface area contributed by atoms with E-state index in [1.165, 1.54) is 19.1 Å². The van der Waals surface area contributed by atoms with Crippen molar-refractivity contribution < 1.29 is 35.9 Å². The molecule has 4 nitrogen and oxygen atoms in total. The van der Waals surface area contributed by atoms with E-state index in [4.69, 9.17) is 0 Å². The molecule has 0 heterocycles. The van der Waals surface area contributed by atoms with Crippen LogP contribution < -0.4 is 10.6 Å². The Kier molecular flexibility index (Phi) is 6.55. The minimum Gasteiger partial charge on any atom is -0.350 e. The van der Waals surface area contributed by atoms with Crippen molar-refractivity contribution in [3.8, 4) is 0 Å². The summed E-state index contributed by atoms with van der Waals surface area (Å²) in [6.45, 7) is 1.34. The van der Waals surface area contributed by atoms with Crippen LogP contribution >= 0.6 is 0 Å². The average molecular weight is 418 g/mol. The minimum atomic E-state index is -4.60. The first kappa shape index (κ1) is 22.3. The van der Waals surface area contributed by atoms with Gasteiger partial charge in [0.25, 0.3) is 11.8 Å². The summed E-state index contributed by atoms with van der Waals surface area (Å²) in [4.78, 5) is 24.1. The minimum absolute atomic E-state index is 0.139. The zero-order valence-corrected chi connectivity index (χ0v) is 15.0. The van der Waals surface area contributed by atoms with Gasteiger partial charge in [0.15, 0.2) is 0 Å². The molecule has 156 valence electrons. The number of benzene rings is 2. The first-order valence-electron chi connectivity index (χ1n) is 8.31. The lowest BCUT2D eigenvalue weighted by molar-refractivity contribution is -0.138. The number of carbonyl (C=O) groups is 2. The summed E-state index contributed by atoms with van der Waals surface area (Å²) in [6, 6.07) is 6.96. The highest BCUT2D eigenvalue weighted by molar-refractivity contribution is 5.95. The van der Waals surface area contributed by atoms with Gasteiger partial charge in [0.1, 0.15) is 0 Å². The highest BCUT2D eigenvalue weighted by Gasteiger charge is 2.31. The molecule has 2 aromatic carbocycles. The Bertz CT molecular complexity index is 893. The molecular formula is C19H16F6N2O2. The van der Waals surface area contributed by atoms with E-state index in [1.807, 2.05) is 0 Å². The second-order valence-corrected chi connectivity index (χ2v) is 6.24. The average Bonchev–Trinajstić information content (AvgIpc) is 2.65. The normalized spacial score (nSPS) is 12.9. The fraction of sp³-hybridized carbons (Fsp3) is 0.263. The molecular weight excluding hydrogens is 402 g/mol.